The van der Waals surface area contributed by atoms with Crippen molar-refractivity contribution in [1.29, 1.82) is 0 Å². The van der Waals surface area contributed by atoms with Crippen LogP contribution < -0.4 is 0 Å². The van der Waals surface area contributed by atoms with E-state index in [2.05, 4.69) is 0 Å². The van der Waals surface area contributed by atoms with E-state index in [1.807, 2.05) is 28.7 Å². The monoisotopic (exact) mass is 479 g/mol. The number of piperidine rings is 1. The molecule has 0 radical (unpaired) electrons. The Hall–Kier alpha value is -1.94. The highest BCUT2D eigenvalue weighted by molar-refractivity contribution is 8.00. The first-order valence-electron chi connectivity index (χ1n) is 9.29. The fourth-order valence-corrected chi connectivity index (χ4v) is 6.15. The molecule has 3 heterocycles. The Labute approximate surface area is 191 Å². The minimum absolute atomic E-state index is 0.104. The van der Waals surface area contributed by atoms with E-state index < -0.39 is 4.92 Å². The number of carbonyl (C=O) groups excluding carboxylic acids is 1. The number of amides is 1. The van der Waals surface area contributed by atoms with E-state index in [1.165, 1.54) is 12.1 Å². The zero-order valence-electron chi connectivity index (χ0n) is 16.0. The fourth-order valence-electron chi connectivity index (χ4n) is 3.45. The molecular weight excluding hydrogens is 462 g/mol. The van der Waals surface area contributed by atoms with Crippen molar-refractivity contribution in [3.05, 3.63) is 60.7 Å². The molecule has 4 rings (SSSR count). The Morgan fingerprint density at radius 3 is 2.73 bits per heavy atom. The summed E-state index contributed by atoms with van der Waals surface area (Å²) in [6.07, 6.45) is 3.73. The number of carbonyl (C=O) groups is 1. The molecule has 0 spiro atoms. The van der Waals surface area contributed by atoms with Crippen LogP contribution in [0.4, 0.5) is 5.69 Å². The molecule has 2 aromatic heterocycles. The predicted octanol–water partition coefficient (Wildman–Crippen LogP) is 6.17. The van der Waals surface area contributed by atoms with E-state index in [0.29, 0.717) is 24.6 Å². The van der Waals surface area contributed by atoms with Crippen LogP contribution in [0, 0.1) is 10.1 Å². The quantitative estimate of drug-likeness (QED) is 0.248. The average Bonchev–Trinajstić information content (AvgIpc) is 3.43. The summed E-state index contributed by atoms with van der Waals surface area (Å²) in [4.78, 5) is 30.8. The first-order valence-corrected chi connectivity index (χ1v) is 12.6. The molecule has 1 amide bonds. The molecule has 0 aliphatic carbocycles. The van der Waals surface area contributed by atoms with Crippen LogP contribution in [-0.4, -0.2) is 40.1 Å². The highest BCUT2D eigenvalue weighted by atomic mass is 35.5. The van der Waals surface area contributed by atoms with Gasteiger partial charge in [0, 0.05) is 36.0 Å². The number of nitro benzene ring substituents is 1. The smallest absolute Gasteiger partial charge is 0.288 e. The van der Waals surface area contributed by atoms with E-state index in [-0.39, 0.29) is 16.6 Å². The summed E-state index contributed by atoms with van der Waals surface area (Å²) in [6, 6.07) is 8.65. The Bertz CT molecular complexity index is 1090. The standard InChI is InChI=1S/C20H18ClN3O3S3/c1-28-18-5-4-17(30-18)20(25)23-8-6-12(7-9-23)19-22-15(11-29-19)13-2-3-14(21)16(10-13)24(26)27/h2-5,10-12H,6-9H2,1H3. The van der Waals surface area contributed by atoms with E-state index in [9.17, 15) is 14.9 Å². The third kappa shape index (κ3) is 4.39. The average molecular weight is 480 g/mol. The molecule has 6 nitrogen and oxygen atoms in total. The molecule has 0 atom stereocenters. The Morgan fingerprint density at radius 2 is 2.07 bits per heavy atom. The number of halogens is 1. The van der Waals surface area contributed by atoms with Crippen molar-refractivity contribution in [1.82, 2.24) is 9.88 Å². The predicted molar refractivity (Wildman–Crippen MR) is 123 cm³/mol. The molecule has 10 heteroatoms. The third-order valence-electron chi connectivity index (χ3n) is 5.09. The zero-order valence-corrected chi connectivity index (χ0v) is 19.2. The number of thiazole rings is 1. The van der Waals surface area contributed by atoms with Gasteiger partial charge in [-0.2, -0.15) is 0 Å². The van der Waals surface area contributed by atoms with E-state index in [1.54, 1.807) is 40.5 Å². The Kier molecular flexibility index (Phi) is 6.43. The largest absolute Gasteiger partial charge is 0.338 e. The Morgan fingerprint density at radius 1 is 1.30 bits per heavy atom. The van der Waals surface area contributed by atoms with Crippen molar-refractivity contribution in [2.75, 3.05) is 19.3 Å². The number of rotatable bonds is 5. The van der Waals surface area contributed by atoms with Gasteiger partial charge in [-0.1, -0.05) is 17.7 Å². The van der Waals surface area contributed by atoms with Gasteiger partial charge < -0.3 is 4.90 Å². The summed E-state index contributed by atoms with van der Waals surface area (Å²) in [5.41, 5.74) is 1.29. The molecule has 1 aliphatic rings. The van der Waals surface area contributed by atoms with Crippen LogP contribution in [0.25, 0.3) is 11.3 Å². The molecule has 30 heavy (non-hydrogen) atoms. The third-order valence-corrected chi connectivity index (χ3v) is 8.57. The van der Waals surface area contributed by atoms with Crippen LogP contribution in [0.3, 0.4) is 0 Å². The Balaban J connectivity index is 1.42. The van der Waals surface area contributed by atoms with Gasteiger partial charge in [0.1, 0.15) is 5.02 Å². The number of nitro groups is 1. The normalized spacial score (nSPS) is 14.8. The van der Waals surface area contributed by atoms with E-state index >= 15 is 0 Å². The molecule has 0 saturated carbocycles. The SMILES string of the molecule is CSc1ccc(C(=O)N2CCC(c3nc(-c4ccc(Cl)c([N+](=O)[O-])c4)cs3)CC2)s1. The summed E-state index contributed by atoms with van der Waals surface area (Å²) in [5.74, 6) is 0.396. The number of thioether (sulfide) groups is 1. The number of hydrogen-bond donors (Lipinski definition) is 0. The van der Waals surface area contributed by atoms with Gasteiger partial charge in [-0.15, -0.1) is 34.4 Å². The zero-order chi connectivity index (χ0) is 21.3. The van der Waals surface area contributed by atoms with Gasteiger partial charge in [-0.25, -0.2) is 4.98 Å². The number of nitrogens with zero attached hydrogens (tertiary/aromatic N) is 3. The van der Waals surface area contributed by atoms with Crippen LogP contribution in [0.1, 0.15) is 33.4 Å². The fraction of sp³-hybridized carbons (Fsp3) is 0.300. The summed E-state index contributed by atoms with van der Waals surface area (Å²) < 4.78 is 1.14. The highest BCUT2D eigenvalue weighted by Gasteiger charge is 2.27. The maximum absolute atomic E-state index is 12.7. The van der Waals surface area contributed by atoms with Crippen LogP contribution >= 0.6 is 46.0 Å². The van der Waals surface area contributed by atoms with Gasteiger partial charge in [0.25, 0.3) is 11.6 Å². The van der Waals surface area contributed by atoms with Crippen molar-refractivity contribution in [3.8, 4) is 11.3 Å². The molecule has 3 aromatic rings. The van der Waals surface area contributed by atoms with Gasteiger partial charge in [0.05, 0.1) is 24.7 Å². The van der Waals surface area contributed by atoms with Crippen LogP contribution in [0.5, 0.6) is 0 Å². The van der Waals surface area contributed by atoms with Crippen molar-refractivity contribution in [2.24, 2.45) is 0 Å². The summed E-state index contributed by atoms with van der Waals surface area (Å²) >= 11 is 10.7. The summed E-state index contributed by atoms with van der Waals surface area (Å²) in [6.45, 7) is 1.41. The van der Waals surface area contributed by atoms with Crippen LogP contribution in [0.2, 0.25) is 5.02 Å². The minimum atomic E-state index is -0.485. The maximum atomic E-state index is 12.7. The second kappa shape index (κ2) is 9.05. The van der Waals surface area contributed by atoms with Crippen molar-refractivity contribution in [2.45, 2.75) is 23.0 Å². The molecule has 156 valence electrons. The molecule has 1 aliphatic heterocycles. The van der Waals surface area contributed by atoms with Gasteiger partial charge in [-0.3, -0.25) is 14.9 Å². The molecular formula is C20H18ClN3O3S3. The molecule has 1 saturated heterocycles. The summed E-state index contributed by atoms with van der Waals surface area (Å²) in [7, 11) is 0. The first kappa shape index (κ1) is 21.3. The van der Waals surface area contributed by atoms with E-state index in [0.717, 1.165) is 32.6 Å². The van der Waals surface area contributed by atoms with Crippen molar-refractivity contribution >= 4 is 57.6 Å². The van der Waals surface area contributed by atoms with Crippen molar-refractivity contribution in [3.63, 3.8) is 0 Å². The topological polar surface area (TPSA) is 76.3 Å². The molecule has 0 N–H and O–H groups in total. The second-order valence-corrected chi connectivity index (χ2v) is 10.4. The van der Waals surface area contributed by atoms with Crippen molar-refractivity contribution < 1.29 is 9.72 Å². The maximum Gasteiger partial charge on any atom is 0.288 e. The first-order chi connectivity index (χ1) is 14.5. The molecule has 0 unspecified atom stereocenters. The molecule has 1 aromatic carbocycles. The molecule has 0 bridgehead atoms. The lowest BCUT2D eigenvalue weighted by Gasteiger charge is -2.30. The minimum Gasteiger partial charge on any atom is -0.338 e. The van der Waals surface area contributed by atoms with Crippen LogP contribution in [0.15, 0.2) is 39.9 Å². The summed E-state index contributed by atoms with van der Waals surface area (Å²) in [5, 5.41) is 14.2. The van der Waals surface area contributed by atoms with E-state index in [4.69, 9.17) is 16.6 Å². The number of hydrogen-bond acceptors (Lipinski definition) is 7. The molecule has 1 fully saturated rings. The highest BCUT2D eigenvalue weighted by Crippen LogP contribution is 2.36. The van der Waals surface area contributed by atoms with Gasteiger partial charge in [0.2, 0.25) is 0 Å². The van der Waals surface area contributed by atoms with Crippen LogP contribution in [-0.2, 0) is 0 Å². The van der Waals surface area contributed by atoms with Gasteiger partial charge in [-0.05, 0) is 37.3 Å². The second-order valence-electron chi connectivity index (χ2n) is 6.88. The number of aromatic nitrogens is 1. The lowest BCUT2D eigenvalue weighted by molar-refractivity contribution is -0.384. The van der Waals surface area contributed by atoms with Gasteiger partial charge in [0.15, 0.2) is 0 Å². The number of benzene rings is 1. The van der Waals surface area contributed by atoms with Gasteiger partial charge >= 0.3 is 0 Å². The lowest BCUT2D eigenvalue weighted by atomic mass is 9.97. The number of likely N-dealkylation sites (tertiary alicyclic amines) is 1. The number of thiophene rings is 1. The lowest BCUT2D eigenvalue weighted by Crippen LogP contribution is -2.37.